The van der Waals surface area contributed by atoms with Crippen LogP contribution in [-0.4, -0.2) is 71.1 Å². The lowest BCUT2D eigenvalue weighted by Gasteiger charge is -2.18. The Labute approximate surface area is 215 Å². The van der Waals surface area contributed by atoms with Crippen molar-refractivity contribution in [3.8, 4) is 5.88 Å². The fraction of sp³-hybridized carbons (Fsp3) is 0.458. The van der Waals surface area contributed by atoms with E-state index in [-0.39, 0.29) is 11.6 Å². The highest BCUT2D eigenvalue weighted by Gasteiger charge is 2.09. The molecule has 2 aromatic rings. The molecule has 0 spiro atoms. The molecule has 2 N–H and O–H groups in total. The number of aromatic nitrogens is 4. The van der Waals surface area contributed by atoms with Crippen molar-refractivity contribution in [1.82, 2.24) is 25.1 Å². The Morgan fingerprint density at radius 3 is 2.32 bits per heavy atom. The van der Waals surface area contributed by atoms with Crippen molar-refractivity contribution in [3.63, 3.8) is 0 Å². The van der Waals surface area contributed by atoms with E-state index in [0.717, 1.165) is 31.5 Å². The summed E-state index contributed by atoms with van der Waals surface area (Å²) in [7, 11) is 5.11. The van der Waals surface area contributed by atoms with Crippen LogP contribution >= 0.6 is 8.20 Å². The maximum atomic E-state index is 11.8. The van der Waals surface area contributed by atoms with E-state index < -0.39 is 31.2 Å². The molecule has 2 rings (SSSR count). The number of hydrogen-bond donors (Lipinski definition) is 2. The van der Waals surface area contributed by atoms with Gasteiger partial charge in [0.1, 0.15) is 0 Å². The Balaban J connectivity index is 0.000000689. The maximum Gasteiger partial charge on any atom is 0.342 e. The third-order valence-electron chi connectivity index (χ3n) is 4.80. The Morgan fingerprint density at radius 2 is 1.84 bits per heavy atom. The molecule has 37 heavy (non-hydrogen) atoms. The molecule has 0 radical (unpaired) electrons. The summed E-state index contributed by atoms with van der Waals surface area (Å²) in [4.78, 5) is 30.8. The molecule has 13 heteroatoms. The molecule has 0 aliphatic rings. The van der Waals surface area contributed by atoms with Crippen LogP contribution in [0.25, 0.3) is 5.57 Å². The summed E-state index contributed by atoms with van der Waals surface area (Å²) in [5.41, 5.74) is 3.02. The minimum atomic E-state index is -2.45. The van der Waals surface area contributed by atoms with E-state index in [2.05, 4.69) is 33.8 Å². The lowest BCUT2D eigenvalue weighted by molar-refractivity contribution is 0.0795. The number of nitrogens with zero attached hydrogens (tertiary/aromatic N) is 3. The summed E-state index contributed by atoms with van der Waals surface area (Å²) in [6.07, 6.45) is 1.87. The molecule has 206 valence electrons. The average molecular weight is 548 g/mol. The van der Waals surface area contributed by atoms with Crippen LogP contribution in [0, 0.1) is 0 Å². The summed E-state index contributed by atoms with van der Waals surface area (Å²) < 4.78 is 47.5. The van der Waals surface area contributed by atoms with E-state index >= 15 is 0 Å². The van der Waals surface area contributed by atoms with Gasteiger partial charge < -0.3 is 9.64 Å². The van der Waals surface area contributed by atoms with Crippen molar-refractivity contribution >= 4 is 19.1 Å². The number of pyridine rings is 1. The Morgan fingerprint density at radius 1 is 1.22 bits per heavy atom. The molecule has 0 aromatic carbocycles. The van der Waals surface area contributed by atoms with Crippen LogP contribution in [0.15, 0.2) is 45.3 Å². The minimum absolute atomic E-state index is 0.222. The van der Waals surface area contributed by atoms with E-state index in [9.17, 15) is 27.2 Å². The summed E-state index contributed by atoms with van der Waals surface area (Å²) in [6.45, 7) is 7.58. The van der Waals surface area contributed by atoms with Gasteiger partial charge in [-0.1, -0.05) is 6.92 Å². The number of aryl methyl sites for hydroxylation is 1. The molecule has 2 heterocycles. The minimum Gasteiger partial charge on any atom is -0.472 e. The molecule has 0 fully saturated rings. The van der Waals surface area contributed by atoms with Gasteiger partial charge in [0.15, 0.2) is 12.3 Å². The largest absolute Gasteiger partial charge is 0.472 e. The molecule has 0 bridgehead atoms. The van der Waals surface area contributed by atoms with Gasteiger partial charge in [-0.15, -0.1) is 8.20 Å². The van der Waals surface area contributed by atoms with E-state index in [1.165, 1.54) is 5.29 Å². The molecule has 0 aliphatic heterocycles. The molecular formula is C24H34F4N5O3P. The summed E-state index contributed by atoms with van der Waals surface area (Å²) in [6, 6.07) is 3.50. The van der Waals surface area contributed by atoms with Crippen LogP contribution in [0.5, 0.6) is 5.88 Å². The number of rotatable bonds is 8. The third-order valence-corrected chi connectivity index (χ3v) is 5.71. The van der Waals surface area contributed by atoms with E-state index in [1.807, 2.05) is 45.0 Å². The first-order valence-corrected chi connectivity index (χ1v) is 12.4. The number of hydrogen-bond acceptors (Lipinski definition) is 6. The second-order valence-electron chi connectivity index (χ2n) is 7.54. The van der Waals surface area contributed by atoms with Crippen LogP contribution in [0.2, 0.25) is 0 Å². The molecule has 0 saturated carbocycles. The smallest absolute Gasteiger partial charge is 0.342 e. The third kappa shape index (κ3) is 13.0. The lowest BCUT2D eigenvalue weighted by Crippen LogP contribution is -2.26. The van der Waals surface area contributed by atoms with Crippen molar-refractivity contribution in [2.24, 2.45) is 0 Å². The van der Waals surface area contributed by atoms with Gasteiger partial charge in [-0.25, -0.2) is 32.4 Å². The maximum absolute atomic E-state index is 11.8. The number of aromatic amines is 2. The summed E-state index contributed by atoms with van der Waals surface area (Å²) in [5.74, 6) is 0.264. The second-order valence-corrected chi connectivity index (χ2v) is 8.66. The number of halogens is 4. The number of nitrogens with one attached hydrogen (secondary N) is 2. The van der Waals surface area contributed by atoms with Crippen LogP contribution in [0.1, 0.15) is 39.0 Å². The number of allylic oxidation sites excluding steroid dienone is 4. The van der Waals surface area contributed by atoms with Crippen molar-refractivity contribution < 1.29 is 22.3 Å². The van der Waals surface area contributed by atoms with Gasteiger partial charge in [0, 0.05) is 37.6 Å². The van der Waals surface area contributed by atoms with Gasteiger partial charge in [0.2, 0.25) is 12.8 Å². The van der Waals surface area contributed by atoms with Crippen LogP contribution in [0.4, 0.5) is 17.6 Å². The standard InChI is InChI=1S/C14H21N4O2P.C9H11F2NO.CH2F2/c1-8(12-13(19)15-14(20)17-16-12)7-11(10(3)21-6)9(2)18(4)5;1-2-7-3-4-12-9(5-7)13-6-8(10)11;2-1-3/h7H,1-6H3,(H2,15,17,19,20);3-5,8H,2,6H2,1H3;1H2/b8-7+,11-9+;;. The first-order chi connectivity index (χ1) is 17.4. The highest BCUT2D eigenvalue weighted by Crippen LogP contribution is 2.18. The second kappa shape index (κ2) is 18.0. The van der Waals surface area contributed by atoms with Crippen LogP contribution < -0.4 is 16.0 Å². The number of H-pyrrole nitrogens is 2. The number of alkyl halides is 4. The molecule has 8 nitrogen and oxygen atoms in total. The Bertz CT molecular complexity index is 1180. The predicted molar refractivity (Wildman–Crippen MR) is 141 cm³/mol. The number of ether oxygens (including phenoxy) is 1. The van der Waals surface area contributed by atoms with Crippen molar-refractivity contribution in [1.29, 1.82) is 0 Å². The van der Waals surface area contributed by atoms with Gasteiger partial charge >= 0.3 is 5.69 Å². The van der Waals surface area contributed by atoms with Gasteiger partial charge in [-0.3, -0.25) is 9.78 Å². The predicted octanol–water partition coefficient (Wildman–Crippen LogP) is 4.64. The van der Waals surface area contributed by atoms with Crippen molar-refractivity contribution in [2.75, 3.05) is 34.3 Å². The molecule has 0 unspecified atom stereocenters. The van der Waals surface area contributed by atoms with Gasteiger partial charge in [0.05, 0.1) is 0 Å². The zero-order valence-corrected chi connectivity index (χ0v) is 22.9. The Hall–Kier alpha value is -3.27. The molecule has 0 amide bonds. The monoisotopic (exact) mass is 547 g/mol. The van der Waals surface area contributed by atoms with Crippen LogP contribution in [0.3, 0.4) is 0 Å². The van der Waals surface area contributed by atoms with Gasteiger partial charge in [-0.05, 0) is 62.4 Å². The van der Waals surface area contributed by atoms with E-state index in [0.29, 0.717) is 5.57 Å². The van der Waals surface area contributed by atoms with E-state index in [4.69, 9.17) is 4.74 Å². The summed E-state index contributed by atoms with van der Waals surface area (Å²) >= 11 is 0. The average Bonchev–Trinajstić information content (AvgIpc) is 2.86. The van der Waals surface area contributed by atoms with Crippen molar-refractivity contribution in [2.45, 2.75) is 40.5 Å². The lowest BCUT2D eigenvalue weighted by atomic mass is 10.1. The summed E-state index contributed by atoms with van der Waals surface area (Å²) in [5, 5.41) is 7.27. The molecular weight excluding hydrogens is 513 g/mol. The molecule has 0 atom stereocenters. The zero-order chi connectivity index (χ0) is 28.5. The molecule has 0 aliphatic carbocycles. The first kappa shape index (κ1) is 33.7. The highest BCUT2D eigenvalue weighted by molar-refractivity contribution is 7.40. The van der Waals surface area contributed by atoms with Gasteiger partial charge in [-0.2, -0.15) is 5.10 Å². The Kier molecular flexibility index (Phi) is 16.5. The molecule has 0 saturated heterocycles. The SMILES string of the molecule is CCc1ccnc(OCC(F)F)c1.CP=C(C)C(/C=C(\C)c1n[nH]c(=O)[nH]c1=O)=C(\C)N(C)C.FCF. The topological polar surface area (TPSA) is 104 Å². The highest BCUT2D eigenvalue weighted by atomic mass is 31.1. The fourth-order valence-corrected chi connectivity index (χ4v) is 3.10. The normalized spacial score (nSPS) is 12.1. The van der Waals surface area contributed by atoms with Gasteiger partial charge in [0.25, 0.3) is 12.0 Å². The zero-order valence-electron chi connectivity index (χ0n) is 22.0. The first-order valence-electron chi connectivity index (χ1n) is 11.1. The van der Waals surface area contributed by atoms with E-state index in [1.54, 1.807) is 19.2 Å². The quantitative estimate of drug-likeness (QED) is 0.284. The molecule has 2 aromatic heterocycles. The fourth-order valence-electron chi connectivity index (χ4n) is 2.63. The van der Waals surface area contributed by atoms with Crippen LogP contribution in [-0.2, 0) is 6.42 Å². The van der Waals surface area contributed by atoms with Crippen molar-refractivity contribution in [3.05, 3.63) is 67.8 Å².